The summed E-state index contributed by atoms with van der Waals surface area (Å²) in [5.74, 6) is 0.330. The predicted octanol–water partition coefficient (Wildman–Crippen LogP) is 5.61. The van der Waals surface area contributed by atoms with Crippen molar-refractivity contribution in [2.75, 3.05) is 0 Å². The summed E-state index contributed by atoms with van der Waals surface area (Å²) in [5, 5.41) is 12.1. The Morgan fingerprint density at radius 2 is 1.96 bits per heavy atom. The number of nitrogens with one attached hydrogen (secondary N) is 1. The van der Waals surface area contributed by atoms with Gasteiger partial charge in [0, 0.05) is 10.5 Å². The van der Waals surface area contributed by atoms with Crippen molar-refractivity contribution in [3.8, 4) is 11.8 Å². The number of hydrogen-bond acceptors (Lipinski definition) is 3. The molecule has 0 unspecified atom stereocenters. The predicted molar refractivity (Wildman–Crippen MR) is 114 cm³/mol. The van der Waals surface area contributed by atoms with Crippen LogP contribution in [0.15, 0.2) is 57.0 Å². The molecule has 2 aromatic rings. The summed E-state index contributed by atoms with van der Waals surface area (Å²) in [4.78, 5) is 12.1. The molecule has 6 heteroatoms. The lowest BCUT2D eigenvalue weighted by Crippen LogP contribution is -2.32. The first-order valence-electron chi connectivity index (χ1n) is 8.52. The molecule has 0 radical (unpaired) electrons. The molecule has 0 saturated heterocycles. The molecule has 0 aliphatic rings. The first-order chi connectivity index (χ1) is 12.9. The zero-order valence-electron chi connectivity index (χ0n) is 15.1. The summed E-state index contributed by atoms with van der Waals surface area (Å²) in [6, 6.07) is 15.4. The largest absolute Gasteiger partial charge is 0.488 e. The zero-order valence-corrected chi connectivity index (χ0v) is 18.3. The SMILES string of the molecule is CC[C@H](C)NC(=O)/C(C#N)=C/c1ccc(OCc2ccc(Br)cc2)c(Br)c1. The van der Waals surface area contributed by atoms with E-state index in [1.807, 2.05) is 62.4 Å². The number of carbonyl (C=O) groups is 1. The number of hydrogen-bond donors (Lipinski definition) is 1. The Bertz CT molecular complexity index is 871. The molecule has 2 aromatic carbocycles. The fourth-order valence-electron chi connectivity index (χ4n) is 2.18. The number of carbonyl (C=O) groups excluding carboxylic acids is 1. The van der Waals surface area contributed by atoms with Crippen molar-refractivity contribution in [3.63, 3.8) is 0 Å². The van der Waals surface area contributed by atoms with E-state index in [0.29, 0.717) is 12.4 Å². The van der Waals surface area contributed by atoms with Gasteiger partial charge in [0.25, 0.3) is 5.91 Å². The third-order valence-corrected chi connectivity index (χ3v) is 5.08. The van der Waals surface area contributed by atoms with Crippen molar-refractivity contribution >= 4 is 43.8 Å². The maximum atomic E-state index is 12.1. The fourth-order valence-corrected chi connectivity index (χ4v) is 2.96. The molecule has 4 nitrogen and oxygen atoms in total. The highest BCUT2D eigenvalue weighted by Gasteiger charge is 2.12. The van der Waals surface area contributed by atoms with E-state index in [0.717, 1.165) is 26.5 Å². The Kier molecular flexibility index (Phi) is 8.08. The van der Waals surface area contributed by atoms with E-state index < -0.39 is 0 Å². The lowest BCUT2D eigenvalue weighted by molar-refractivity contribution is -0.117. The number of ether oxygens (including phenoxy) is 1. The molecule has 2 rings (SSSR count). The van der Waals surface area contributed by atoms with E-state index in [1.165, 1.54) is 0 Å². The van der Waals surface area contributed by atoms with Gasteiger partial charge in [-0.25, -0.2) is 0 Å². The van der Waals surface area contributed by atoms with Crippen LogP contribution in [0, 0.1) is 11.3 Å². The number of nitriles is 1. The molecule has 0 spiro atoms. The lowest BCUT2D eigenvalue weighted by Gasteiger charge is -2.11. The second kappa shape index (κ2) is 10.3. The maximum Gasteiger partial charge on any atom is 0.262 e. The van der Waals surface area contributed by atoms with Gasteiger partial charge in [0.05, 0.1) is 4.47 Å². The molecular weight excluding hydrogens is 472 g/mol. The van der Waals surface area contributed by atoms with Gasteiger partial charge in [-0.3, -0.25) is 4.79 Å². The maximum absolute atomic E-state index is 12.1. The van der Waals surface area contributed by atoms with Gasteiger partial charge in [-0.2, -0.15) is 5.26 Å². The average molecular weight is 492 g/mol. The number of nitrogens with zero attached hydrogens (tertiary/aromatic N) is 1. The van der Waals surface area contributed by atoms with Crippen molar-refractivity contribution in [1.82, 2.24) is 5.32 Å². The summed E-state index contributed by atoms with van der Waals surface area (Å²) >= 11 is 6.90. The average Bonchev–Trinajstić information content (AvgIpc) is 2.66. The normalized spacial score (nSPS) is 12.2. The van der Waals surface area contributed by atoms with Crippen molar-refractivity contribution < 1.29 is 9.53 Å². The smallest absolute Gasteiger partial charge is 0.262 e. The van der Waals surface area contributed by atoms with Crippen LogP contribution < -0.4 is 10.1 Å². The third-order valence-electron chi connectivity index (χ3n) is 3.93. The number of benzene rings is 2. The van der Waals surface area contributed by atoms with Gasteiger partial charge in [-0.15, -0.1) is 0 Å². The Balaban J connectivity index is 2.09. The summed E-state index contributed by atoms with van der Waals surface area (Å²) in [6.45, 7) is 4.33. The number of amides is 1. The molecule has 27 heavy (non-hydrogen) atoms. The van der Waals surface area contributed by atoms with Crippen molar-refractivity contribution in [2.45, 2.75) is 32.9 Å². The highest BCUT2D eigenvalue weighted by atomic mass is 79.9. The van der Waals surface area contributed by atoms with Crippen LogP contribution in [-0.4, -0.2) is 11.9 Å². The summed E-state index contributed by atoms with van der Waals surface area (Å²) in [7, 11) is 0. The molecule has 140 valence electrons. The highest BCUT2D eigenvalue weighted by Crippen LogP contribution is 2.28. The first-order valence-corrected chi connectivity index (χ1v) is 10.1. The molecule has 0 saturated carbocycles. The van der Waals surface area contributed by atoms with Gasteiger partial charge in [-0.1, -0.05) is 41.1 Å². The minimum absolute atomic E-state index is 0.0235. The fraction of sp³-hybridized carbons (Fsp3) is 0.238. The van der Waals surface area contributed by atoms with Crippen LogP contribution in [-0.2, 0) is 11.4 Å². The zero-order chi connectivity index (χ0) is 19.8. The summed E-state index contributed by atoms with van der Waals surface area (Å²) in [5.41, 5.74) is 1.88. The van der Waals surface area contributed by atoms with Crippen LogP contribution in [0.25, 0.3) is 6.08 Å². The Morgan fingerprint density at radius 3 is 2.56 bits per heavy atom. The summed E-state index contributed by atoms with van der Waals surface area (Å²) < 4.78 is 7.62. The molecule has 1 N–H and O–H groups in total. The second-order valence-corrected chi connectivity index (χ2v) is 7.83. The van der Waals surface area contributed by atoms with Crippen LogP contribution in [0.1, 0.15) is 31.4 Å². The van der Waals surface area contributed by atoms with Gasteiger partial charge < -0.3 is 10.1 Å². The minimum atomic E-state index is -0.362. The first kappa shape index (κ1) is 21.2. The van der Waals surface area contributed by atoms with Crippen LogP contribution in [0.5, 0.6) is 5.75 Å². The van der Waals surface area contributed by atoms with Gasteiger partial charge in [0.1, 0.15) is 24.0 Å². The quantitative estimate of drug-likeness (QED) is 0.404. The van der Waals surface area contributed by atoms with Crippen molar-refractivity contribution in [2.24, 2.45) is 0 Å². The minimum Gasteiger partial charge on any atom is -0.488 e. The molecule has 0 aromatic heterocycles. The van der Waals surface area contributed by atoms with E-state index in [4.69, 9.17) is 4.74 Å². The number of halogens is 2. The lowest BCUT2D eigenvalue weighted by atomic mass is 10.1. The van der Waals surface area contributed by atoms with Crippen LogP contribution in [0.3, 0.4) is 0 Å². The van der Waals surface area contributed by atoms with Gasteiger partial charge in [0.2, 0.25) is 0 Å². The summed E-state index contributed by atoms with van der Waals surface area (Å²) in [6.07, 6.45) is 2.38. The van der Waals surface area contributed by atoms with E-state index in [2.05, 4.69) is 37.2 Å². The van der Waals surface area contributed by atoms with E-state index in [9.17, 15) is 10.1 Å². The third kappa shape index (κ3) is 6.53. The van der Waals surface area contributed by atoms with Crippen molar-refractivity contribution in [1.29, 1.82) is 5.26 Å². The van der Waals surface area contributed by atoms with E-state index in [1.54, 1.807) is 6.08 Å². The van der Waals surface area contributed by atoms with Crippen molar-refractivity contribution in [3.05, 3.63) is 68.1 Å². The Labute approximate surface area is 176 Å². The van der Waals surface area contributed by atoms with Gasteiger partial charge in [0.15, 0.2) is 0 Å². The topological polar surface area (TPSA) is 62.1 Å². The standard InChI is InChI=1S/C21H20Br2N2O2/c1-3-14(2)25-21(26)17(12-24)10-16-6-9-20(19(23)11-16)27-13-15-4-7-18(22)8-5-15/h4-11,14H,3,13H2,1-2H3,(H,25,26)/b17-10+/t14-/m0/s1. The molecule has 0 aliphatic carbocycles. The Morgan fingerprint density at radius 1 is 1.26 bits per heavy atom. The van der Waals surface area contributed by atoms with E-state index in [-0.39, 0.29) is 17.5 Å². The van der Waals surface area contributed by atoms with Crippen LogP contribution in [0.4, 0.5) is 0 Å². The van der Waals surface area contributed by atoms with Crippen LogP contribution >= 0.6 is 31.9 Å². The van der Waals surface area contributed by atoms with Crippen LogP contribution in [0.2, 0.25) is 0 Å². The molecule has 1 atom stereocenters. The highest BCUT2D eigenvalue weighted by molar-refractivity contribution is 9.10. The van der Waals surface area contributed by atoms with Gasteiger partial charge in [-0.05, 0) is 70.7 Å². The molecule has 0 heterocycles. The monoisotopic (exact) mass is 490 g/mol. The molecule has 0 fully saturated rings. The molecule has 1 amide bonds. The second-order valence-electron chi connectivity index (χ2n) is 6.06. The Hall–Kier alpha value is -2.10. The molecular formula is C21H20Br2N2O2. The molecule has 0 bridgehead atoms. The number of rotatable bonds is 7. The van der Waals surface area contributed by atoms with E-state index >= 15 is 0 Å². The van der Waals surface area contributed by atoms with Gasteiger partial charge >= 0.3 is 0 Å². The molecule has 0 aliphatic heterocycles.